The van der Waals surface area contributed by atoms with Crippen molar-refractivity contribution < 1.29 is 0 Å². The van der Waals surface area contributed by atoms with Crippen LogP contribution in [0.3, 0.4) is 0 Å². The summed E-state index contributed by atoms with van der Waals surface area (Å²) in [6.45, 7) is 8.28. The molecule has 3 aromatic heterocycles. The summed E-state index contributed by atoms with van der Waals surface area (Å²) in [5.74, 6) is 2.61. The van der Waals surface area contributed by atoms with Gasteiger partial charge in [-0.05, 0) is 33.1 Å². The first kappa shape index (κ1) is 16.1. The molecule has 1 aliphatic rings. The second-order valence-corrected chi connectivity index (χ2v) is 6.99. The van der Waals surface area contributed by atoms with Gasteiger partial charge in [-0.2, -0.15) is 9.61 Å². The maximum Gasteiger partial charge on any atom is 0.160 e. The van der Waals surface area contributed by atoms with Crippen LogP contribution in [0.1, 0.15) is 48.5 Å². The van der Waals surface area contributed by atoms with Gasteiger partial charge in [-0.1, -0.05) is 6.92 Å². The van der Waals surface area contributed by atoms with E-state index in [-0.39, 0.29) is 0 Å². The number of aryl methyl sites for hydroxylation is 4. The van der Waals surface area contributed by atoms with Crippen LogP contribution in [0.4, 0.5) is 5.82 Å². The molecule has 1 atom stereocenters. The fraction of sp³-hybridized carbons (Fsp3) is 0.556. The number of hydrogen-bond acceptors (Lipinski definition) is 5. The summed E-state index contributed by atoms with van der Waals surface area (Å²) in [5, 5.41) is 13.1. The average molecular weight is 339 g/mol. The van der Waals surface area contributed by atoms with E-state index >= 15 is 0 Å². The van der Waals surface area contributed by atoms with Gasteiger partial charge < -0.3 is 9.47 Å². The molecule has 4 rings (SSSR count). The summed E-state index contributed by atoms with van der Waals surface area (Å²) in [7, 11) is 2.02. The molecule has 7 nitrogen and oxygen atoms in total. The number of fused-ring (bicyclic) bond motifs is 1. The fourth-order valence-corrected chi connectivity index (χ4v) is 3.73. The Morgan fingerprint density at radius 3 is 2.84 bits per heavy atom. The second-order valence-electron chi connectivity index (χ2n) is 6.99. The van der Waals surface area contributed by atoms with E-state index < -0.39 is 0 Å². The van der Waals surface area contributed by atoms with Crippen molar-refractivity contribution in [3.05, 3.63) is 35.2 Å². The van der Waals surface area contributed by atoms with Crippen LogP contribution in [0.2, 0.25) is 0 Å². The number of anilines is 1. The largest absolute Gasteiger partial charge is 0.356 e. The standard InChI is InChI=1S/C18H25N7/c1-5-15-9-16(25-17(20-15)12(2)13(3)22-25)24-8-6-7-14(10-24)18-21-19-11-23(18)4/h9,11,14H,5-8,10H2,1-4H3. The van der Waals surface area contributed by atoms with E-state index in [1.165, 1.54) is 5.56 Å². The molecule has 0 N–H and O–H groups in total. The van der Waals surface area contributed by atoms with E-state index in [0.717, 1.165) is 61.0 Å². The lowest BCUT2D eigenvalue weighted by Gasteiger charge is -2.34. The Balaban J connectivity index is 1.75. The highest BCUT2D eigenvalue weighted by Crippen LogP contribution is 2.30. The van der Waals surface area contributed by atoms with E-state index in [2.05, 4.69) is 41.9 Å². The lowest BCUT2D eigenvalue weighted by Crippen LogP contribution is -2.36. The van der Waals surface area contributed by atoms with Crippen molar-refractivity contribution in [2.45, 2.75) is 46.0 Å². The summed E-state index contributed by atoms with van der Waals surface area (Å²) in [5.41, 5.74) is 4.31. The molecule has 0 aliphatic carbocycles. The van der Waals surface area contributed by atoms with Crippen molar-refractivity contribution >= 4 is 11.5 Å². The minimum Gasteiger partial charge on any atom is -0.356 e. The van der Waals surface area contributed by atoms with Crippen LogP contribution in [0.15, 0.2) is 12.4 Å². The summed E-state index contributed by atoms with van der Waals surface area (Å²) in [6.07, 6.45) is 5.00. The van der Waals surface area contributed by atoms with Gasteiger partial charge >= 0.3 is 0 Å². The zero-order valence-electron chi connectivity index (χ0n) is 15.4. The third kappa shape index (κ3) is 2.67. The molecule has 1 saturated heterocycles. The van der Waals surface area contributed by atoms with Crippen LogP contribution >= 0.6 is 0 Å². The van der Waals surface area contributed by atoms with Crippen molar-refractivity contribution in [2.24, 2.45) is 7.05 Å². The molecule has 1 aliphatic heterocycles. The normalized spacial score (nSPS) is 18.2. The van der Waals surface area contributed by atoms with Crippen LogP contribution in [0.5, 0.6) is 0 Å². The molecule has 132 valence electrons. The third-order valence-electron chi connectivity index (χ3n) is 5.31. The lowest BCUT2D eigenvalue weighted by molar-refractivity contribution is 0.475. The topological polar surface area (TPSA) is 64.1 Å². The highest BCUT2D eigenvalue weighted by atomic mass is 15.4. The molecule has 0 radical (unpaired) electrons. The molecular weight excluding hydrogens is 314 g/mol. The number of aromatic nitrogens is 6. The first-order chi connectivity index (χ1) is 12.1. The SMILES string of the molecule is CCc1cc(N2CCCC(c3nncn3C)C2)n2nc(C)c(C)c2n1. The summed E-state index contributed by atoms with van der Waals surface area (Å²) >= 11 is 0. The monoisotopic (exact) mass is 339 g/mol. The summed E-state index contributed by atoms with van der Waals surface area (Å²) in [4.78, 5) is 7.23. The number of piperidine rings is 1. The average Bonchev–Trinajstić information content (AvgIpc) is 3.18. The van der Waals surface area contributed by atoms with Crippen LogP contribution in [0.25, 0.3) is 5.65 Å². The third-order valence-corrected chi connectivity index (χ3v) is 5.31. The highest BCUT2D eigenvalue weighted by molar-refractivity contribution is 5.57. The fourth-order valence-electron chi connectivity index (χ4n) is 3.73. The Bertz CT molecular complexity index is 908. The van der Waals surface area contributed by atoms with Gasteiger partial charge in [0.15, 0.2) is 5.65 Å². The predicted octanol–water partition coefficient (Wildman–Crippen LogP) is 2.42. The molecular formula is C18H25N7. The molecule has 0 bridgehead atoms. The van der Waals surface area contributed by atoms with Crippen molar-refractivity contribution in [3.63, 3.8) is 0 Å². The molecule has 25 heavy (non-hydrogen) atoms. The van der Waals surface area contributed by atoms with Crippen molar-refractivity contribution in [1.29, 1.82) is 0 Å². The molecule has 1 unspecified atom stereocenters. The quantitative estimate of drug-likeness (QED) is 0.733. The number of rotatable bonds is 3. The van der Waals surface area contributed by atoms with Crippen molar-refractivity contribution in [2.75, 3.05) is 18.0 Å². The van der Waals surface area contributed by atoms with Gasteiger partial charge in [0.05, 0.1) is 5.69 Å². The number of hydrogen-bond donors (Lipinski definition) is 0. The van der Waals surface area contributed by atoms with Crippen LogP contribution in [0, 0.1) is 13.8 Å². The number of nitrogens with zero attached hydrogens (tertiary/aromatic N) is 7. The van der Waals surface area contributed by atoms with Gasteiger partial charge in [-0.3, -0.25) is 0 Å². The lowest BCUT2D eigenvalue weighted by atomic mass is 9.97. The van der Waals surface area contributed by atoms with E-state index in [4.69, 9.17) is 10.1 Å². The zero-order chi connectivity index (χ0) is 17.6. The Hall–Kier alpha value is -2.44. The van der Waals surface area contributed by atoms with Gasteiger partial charge in [0.1, 0.15) is 18.0 Å². The van der Waals surface area contributed by atoms with Gasteiger partial charge in [-0.25, -0.2) is 4.98 Å². The molecule has 0 aromatic carbocycles. The van der Waals surface area contributed by atoms with Gasteiger partial charge in [-0.15, -0.1) is 10.2 Å². The van der Waals surface area contributed by atoms with E-state index in [1.807, 2.05) is 16.1 Å². The van der Waals surface area contributed by atoms with Crippen LogP contribution in [-0.2, 0) is 13.5 Å². The molecule has 0 amide bonds. The minimum absolute atomic E-state index is 0.396. The summed E-state index contributed by atoms with van der Waals surface area (Å²) < 4.78 is 4.05. The summed E-state index contributed by atoms with van der Waals surface area (Å²) in [6, 6.07) is 2.19. The van der Waals surface area contributed by atoms with Crippen LogP contribution in [-0.4, -0.2) is 42.5 Å². The molecule has 4 heterocycles. The Morgan fingerprint density at radius 2 is 2.12 bits per heavy atom. The van der Waals surface area contributed by atoms with Gasteiger partial charge in [0.25, 0.3) is 0 Å². The van der Waals surface area contributed by atoms with Gasteiger partial charge in [0, 0.05) is 43.4 Å². The van der Waals surface area contributed by atoms with E-state index in [1.54, 1.807) is 6.33 Å². The zero-order valence-corrected chi connectivity index (χ0v) is 15.4. The molecule has 3 aromatic rings. The minimum atomic E-state index is 0.396. The Kier molecular flexibility index (Phi) is 3.94. The second kappa shape index (κ2) is 6.13. The predicted molar refractivity (Wildman–Crippen MR) is 97.0 cm³/mol. The first-order valence-corrected chi connectivity index (χ1v) is 9.03. The maximum absolute atomic E-state index is 4.80. The smallest absolute Gasteiger partial charge is 0.160 e. The van der Waals surface area contributed by atoms with Gasteiger partial charge in [0.2, 0.25) is 0 Å². The molecule has 0 saturated carbocycles. The highest BCUT2D eigenvalue weighted by Gasteiger charge is 2.27. The molecule has 0 spiro atoms. The van der Waals surface area contributed by atoms with Crippen molar-refractivity contribution in [1.82, 2.24) is 29.4 Å². The first-order valence-electron chi connectivity index (χ1n) is 9.03. The Morgan fingerprint density at radius 1 is 1.28 bits per heavy atom. The maximum atomic E-state index is 4.80. The van der Waals surface area contributed by atoms with E-state index in [0.29, 0.717) is 5.92 Å². The Labute approximate surface area is 147 Å². The van der Waals surface area contributed by atoms with Crippen molar-refractivity contribution in [3.8, 4) is 0 Å². The van der Waals surface area contributed by atoms with E-state index in [9.17, 15) is 0 Å². The molecule has 1 fully saturated rings. The molecule has 7 heteroatoms. The van der Waals surface area contributed by atoms with Crippen LogP contribution < -0.4 is 4.90 Å².